The van der Waals surface area contributed by atoms with E-state index >= 15 is 0 Å². The van der Waals surface area contributed by atoms with Gasteiger partial charge in [0.05, 0.1) is 26.4 Å². The van der Waals surface area contributed by atoms with E-state index in [2.05, 4.69) is 41.5 Å². The summed E-state index contributed by atoms with van der Waals surface area (Å²) in [5, 5.41) is 10.7. The Bertz CT molecular complexity index is 2030. The fraction of sp³-hybridized carbons (Fsp3) is 0.954. The topological polar surface area (TPSA) is 237 Å². The molecule has 0 heterocycles. The quantitative estimate of drug-likeness (QED) is 0.0222. The molecule has 0 spiro atoms. The van der Waals surface area contributed by atoms with Crippen LogP contribution in [0.5, 0.6) is 0 Å². The van der Waals surface area contributed by atoms with Gasteiger partial charge in [-0.05, 0) is 37.5 Å². The Kier molecular flexibility index (Phi) is 76.9. The third-order valence-electron chi connectivity index (χ3n) is 20.5. The number of esters is 4. The summed E-state index contributed by atoms with van der Waals surface area (Å²) >= 11 is 0. The van der Waals surface area contributed by atoms with Crippen LogP contribution in [0.3, 0.4) is 0 Å². The lowest BCUT2D eigenvalue weighted by Crippen LogP contribution is -2.30. The Labute approximate surface area is 651 Å². The molecule has 0 aromatic carbocycles. The molecule has 0 aromatic rings. The molecule has 19 heteroatoms. The first-order valence-electron chi connectivity index (χ1n) is 45.0. The highest BCUT2D eigenvalue weighted by molar-refractivity contribution is 7.47. The van der Waals surface area contributed by atoms with Crippen LogP contribution in [0.1, 0.15) is 465 Å². The zero-order valence-electron chi connectivity index (χ0n) is 69.7. The number of hydrogen-bond acceptors (Lipinski definition) is 15. The standard InChI is InChI=1S/C87H170O17P2/c1-7-9-11-13-15-17-19-21-23-24-28-31-35-38-45-51-57-63-69-84(89)97-75-82(103-87(92)72-66-60-54-48-40-36-32-29-26-25-27-30-33-37-43-49-55-61-67-79(3)4)77-101-105(93,94)99-73-81(88)74-100-106(95,96)102-78-83(76-98-85(90)70-64-58-52-46-42-41-44-50-56-62-68-80(5)6)104-86(91)71-65-59-53-47-39-34-22-20-18-16-14-12-10-8-2/h79-83,88H,7-78H2,1-6H3,(H,93,94)(H,95,96)/t81-,82-,83-/m1/s1. The van der Waals surface area contributed by atoms with E-state index in [-0.39, 0.29) is 25.7 Å². The largest absolute Gasteiger partial charge is 0.472 e. The molecule has 0 bridgehead atoms. The molecule has 0 radical (unpaired) electrons. The van der Waals surface area contributed by atoms with Crippen LogP contribution in [-0.4, -0.2) is 96.7 Å². The van der Waals surface area contributed by atoms with E-state index in [1.54, 1.807) is 0 Å². The van der Waals surface area contributed by atoms with Crippen LogP contribution in [0.2, 0.25) is 0 Å². The van der Waals surface area contributed by atoms with Gasteiger partial charge in [-0.15, -0.1) is 0 Å². The van der Waals surface area contributed by atoms with Crippen LogP contribution in [0, 0.1) is 11.8 Å². The van der Waals surface area contributed by atoms with Gasteiger partial charge < -0.3 is 33.8 Å². The molecule has 0 aliphatic heterocycles. The first-order chi connectivity index (χ1) is 51.4. The molecule has 0 aromatic heterocycles. The average molecular weight is 1550 g/mol. The Morgan fingerprint density at radius 1 is 0.255 bits per heavy atom. The predicted octanol–water partition coefficient (Wildman–Crippen LogP) is 26.6. The van der Waals surface area contributed by atoms with Gasteiger partial charge in [0.25, 0.3) is 0 Å². The third kappa shape index (κ3) is 80.1. The second-order valence-corrected chi connectivity index (χ2v) is 35.1. The van der Waals surface area contributed by atoms with Gasteiger partial charge in [-0.3, -0.25) is 37.3 Å². The highest BCUT2D eigenvalue weighted by atomic mass is 31.2. The maximum Gasteiger partial charge on any atom is 0.472 e. The van der Waals surface area contributed by atoms with Crippen LogP contribution in [-0.2, 0) is 65.4 Å². The molecule has 0 aliphatic rings. The SMILES string of the molecule is CCCCCCCCCCCCCCCCCCCCC(=O)OC[C@H](COP(=O)(O)OC[C@@H](O)COP(=O)(O)OC[C@@H](COC(=O)CCCCCCCCCCCCC(C)C)OC(=O)CCCCCCCCCCCCCCCC)OC(=O)CCCCCCCCCCCCCCCCCCCCC(C)C. The van der Waals surface area contributed by atoms with Crippen molar-refractivity contribution in [3.8, 4) is 0 Å². The van der Waals surface area contributed by atoms with Crippen LogP contribution in [0.25, 0.3) is 0 Å². The molecule has 106 heavy (non-hydrogen) atoms. The van der Waals surface area contributed by atoms with Gasteiger partial charge in [0.1, 0.15) is 19.3 Å². The normalized spacial score (nSPS) is 13.8. The summed E-state index contributed by atoms with van der Waals surface area (Å²) in [6.45, 7) is 9.71. The van der Waals surface area contributed by atoms with Gasteiger partial charge in [0.2, 0.25) is 0 Å². The van der Waals surface area contributed by atoms with Crippen LogP contribution in [0.4, 0.5) is 0 Å². The molecular weight excluding hydrogens is 1380 g/mol. The van der Waals surface area contributed by atoms with E-state index in [1.165, 1.54) is 283 Å². The van der Waals surface area contributed by atoms with E-state index in [9.17, 15) is 43.2 Å². The number of hydrogen-bond donors (Lipinski definition) is 3. The molecule has 2 unspecified atom stereocenters. The Hall–Kier alpha value is -1.94. The number of unbranched alkanes of at least 4 members (excludes halogenated alkanes) is 56. The lowest BCUT2D eigenvalue weighted by molar-refractivity contribution is -0.161. The van der Waals surface area contributed by atoms with Gasteiger partial charge in [0, 0.05) is 25.7 Å². The first kappa shape index (κ1) is 104. The van der Waals surface area contributed by atoms with E-state index in [1.807, 2.05) is 0 Å². The summed E-state index contributed by atoms with van der Waals surface area (Å²) in [5.41, 5.74) is 0. The Morgan fingerprint density at radius 3 is 0.642 bits per heavy atom. The zero-order chi connectivity index (χ0) is 77.8. The van der Waals surface area contributed by atoms with Gasteiger partial charge >= 0.3 is 39.5 Å². The number of phosphoric acid groups is 2. The third-order valence-corrected chi connectivity index (χ3v) is 22.4. The number of carbonyl (C=O) groups excluding carboxylic acids is 4. The van der Waals surface area contributed by atoms with E-state index in [4.69, 9.17) is 37.0 Å². The minimum atomic E-state index is -4.97. The number of ether oxygens (including phenoxy) is 4. The van der Waals surface area contributed by atoms with E-state index in [0.717, 1.165) is 102 Å². The summed E-state index contributed by atoms with van der Waals surface area (Å²) < 4.78 is 69.0. The van der Waals surface area contributed by atoms with Gasteiger partial charge in [-0.1, -0.05) is 414 Å². The molecule has 630 valence electrons. The minimum absolute atomic E-state index is 0.108. The zero-order valence-corrected chi connectivity index (χ0v) is 71.5. The molecular formula is C87H170O17P2. The van der Waals surface area contributed by atoms with Crippen molar-refractivity contribution in [2.75, 3.05) is 39.6 Å². The molecule has 0 amide bonds. The fourth-order valence-electron chi connectivity index (χ4n) is 13.6. The van der Waals surface area contributed by atoms with Gasteiger partial charge in [0.15, 0.2) is 12.2 Å². The predicted molar refractivity (Wildman–Crippen MR) is 437 cm³/mol. The number of aliphatic hydroxyl groups is 1. The molecule has 0 fully saturated rings. The smallest absolute Gasteiger partial charge is 0.462 e. The lowest BCUT2D eigenvalue weighted by atomic mass is 10.0. The van der Waals surface area contributed by atoms with Crippen LogP contribution >= 0.6 is 15.6 Å². The summed E-state index contributed by atoms with van der Waals surface area (Å²) in [5.74, 6) is -0.520. The summed E-state index contributed by atoms with van der Waals surface area (Å²) in [7, 11) is -9.93. The van der Waals surface area contributed by atoms with E-state index < -0.39 is 97.5 Å². The monoisotopic (exact) mass is 1550 g/mol. The van der Waals surface area contributed by atoms with Crippen molar-refractivity contribution in [3.05, 3.63) is 0 Å². The Balaban J connectivity index is 5.25. The lowest BCUT2D eigenvalue weighted by Gasteiger charge is -2.21. The minimum Gasteiger partial charge on any atom is -0.462 e. The van der Waals surface area contributed by atoms with Crippen molar-refractivity contribution < 1.29 is 80.2 Å². The number of phosphoric ester groups is 2. The second kappa shape index (κ2) is 78.3. The maximum absolute atomic E-state index is 13.2. The summed E-state index contributed by atoms with van der Waals surface area (Å²) in [6.07, 6.45) is 70.8. The molecule has 0 rings (SSSR count). The Morgan fingerprint density at radius 2 is 0.434 bits per heavy atom. The van der Waals surface area contributed by atoms with Crippen LogP contribution in [0.15, 0.2) is 0 Å². The summed E-state index contributed by atoms with van der Waals surface area (Å²) in [6, 6.07) is 0. The molecule has 0 saturated carbocycles. The van der Waals surface area contributed by atoms with Crippen molar-refractivity contribution in [2.24, 2.45) is 11.8 Å². The van der Waals surface area contributed by atoms with Crippen molar-refractivity contribution >= 4 is 39.5 Å². The number of aliphatic hydroxyl groups excluding tert-OH is 1. The molecule has 3 N–H and O–H groups in total. The summed E-state index contributed by atoms with van der Waals surface area (Å²) in [4.78, 5) is 73.3. The highest BCUT2D eigenvalue weighted by Gasteiger charge is 2.30. The molecule has 0 saturated heterocycles. The van der Waals surface area contributed by atoms with Crippen molar-refractivity contribution in [3.63, 3.8) is 0 Å². The van der Waals surface area contributed by atoms with Crippen molar-refractivity contribution in [1.82, 2.24) is 0 Å². The first-order valence-corrected chi connectivity index (χ1v) is 48.0. The fourth-order valence-corrected chi connectivity index (χ4v) is 15.2. The maximum atomic E-state index is 13.2. The second-order valence-electron chi connectivity index (χ2n) is 32.2. The molecule has 5 atom stereocenters. The highest BCUT2D eigenvalue weighted by Crippen LogP contribution is 2.45. The van der Waals surface area contributed by atoms with Crippen molar-refractivity contribution in [2.45, 2.75) is 484 Å². The van der Waals surface area contributed by atoms with Crippen molar-refractivity contribution in [1.29, 1.82) is 0 Å². The molecule has 0 aliphatic carbocycles. The van der Waals surface area contributed by atoms with E-state index in [0.29, 0.717) is 25.7 Å². The van der Waals surface area contributed by atoms with Gasteiger partial charge in [-0.2, -0.15) is 0 Å². The molecule has 17 nitrogen and oxygen atoms in total. The van der Waals surface area contributed by atoms with Gasteiger partial charge in [-0.25, -0.2) is 9.13 Å². The van der Waals surface area contributed by atoms with Crippen LogP contribution < -0.4 is 0 Å². The average Bonchev–Trinajstić information content (AvgIpc) is 0.900. The number of rotatable bonds is 86. The number of carbonyl (C=O) groups is 4.